The number of rotatable bonds is 5. The number of hydrogen-bond donors (Lipinski definition) is 1. The van der Waals surface area contributed by atoms with Crippen molar-refractivity contribution in [1.82, 2.24) is 10.2 Å². The molecule has 2 aromatic carbocycles. The van der Waals surface area contributed by atoms with Crippen LogP contribution in [0.4, 0.5) is 10.5 Å². The number of benzene rings is 2. The maximum Gasteiger partial charge on any atom is 0.317 e. The van der Waals surface area contributed by atoms with E-state index in [9.17, 15) is 4.79 Å². The van der Waals surface area contributed by atoms with E-state index in [1.807, 2.05) is 23.1 Å². The van der Waals surface area contributed by atoms with Crippen LogP contribution in [0.25, 0.3) is 0 Å². The standard InChI is InChI=1S/C21H27N3O3/c1-16-6-4-5-7-18(16)23-10-12-24(13-11-23)21(25)22-15-17-8-9-19(26-2)20(14-17)27-3/h4-9,14H,10-13,15H2,1-3H3,(H,22,25). The molecule has 6 nitrogen and oxygen atoms in total. The third-order valence-electron chi connectivity index (χ3n) is 4.91. The highest BCUT2D eigenvalue weighted by molar-refractivity contribution is 5.74. The lowest BCUT2D eigenvalue weighted by molar-refractivity contribution is 0.194. The Labute approximate surface area is 160 Å². The number of ether oxygens (including phenoxy) is 2. The largest absolute Gasteiger partial charge is 0.493 e. The highest BCUT2D eigenvalue weighted by atomic mass is 16.5. The van der Waals surface area contributed by atoms with Crippen LogP contribution in [0.1, 0.15) is 11.1 Å². The van der Waals surface area contributed by atoms with E-state index in [1.165, 1.54) is 11.3 Å². The van der Waals surface area contributed by atoms with Gasteiger partial charge in [0.25, 0.3) is 0 Å². The van der Waals surface area contributed by atoms with Gasteiger partial charge in [-0.3, -0.25) is 0 Å². The zero-order chi connectivity index (χ0) is 19.2. The third-order valence-corrected chi connectivity index (χ3v) is 4.91. The van der Waals surface area contributed by atoms with Gasteiger partial charge in [-0.1, -0.05) is 24.3 Å². The van der Waals surface area contributed by atoms with E-state index in [4.69, 9.17) is 9.47 Å². The average Bonchev–Trinajstić information content (AvgIpc) is 2.72. The van der Waals surface area contributed by atoms with Gasteiger partial charge in [0.1, 0.15) is 0 Å². The molecule has 0 aromatic heterocycles. The molecule has 0 bridgehead atoms. The van der Waals surface area contributed by atoms with Crippen LogP contribution in [0.15, 0.2) is 42.5 Å². The molecule has 1 aliphatic heterocycles. The van der Waals surface area contributed by atoms with Gasteiger partial charge in [-0.2, -0.15) is 0 Å². The zero-order valence-electron chi connectivity index (χ0n) is 16.2. The number of nitrogens with zero attached hydrogens (tertiary/aromatic N) is 2. The zero-order valence-corrected chi connectivity index (χ0v) is 16.2. The average molecular weight is 369 g/mol. The van der Waals surface area contributed by atoms with Crippen molar-refractivity contribution in [2.24, 2.45) is 0 Å². The van der Waals surface area contributed by atoms with E-state index in [1.54, 1.807) is 14.2 Å². The predicted molar refractivity (Wildman–Crippen MR) is 107 cm³/mol. The SMILES string of the molecule is COc1ccc(CNC(=O)N2CCN(c3ccccc3C)CC2)cc1OC. The number of para-hydroxylation sites is 1. The van der Waals surface area contributed by atoms with Crippen LogP contribution in [-0.4, -0.2) is 51.3 Å². The Morgan fingerprint density at radius 1 is 1.00 bits per heavy atom. The fraction of sp³-hybridized carbons (Fsp3) is 0.381. The minimum absolute atomic E-state index is 0.0331. The summed E-state index contributed by atoms with van der Waals surface area (Å²) in [4.78, 5) is 16.7. The van der Waals surface area contributed by atoms with E-state index < -0.39 is 0 Å². The molecule has 0 spiro atoms. The normalized spacial score (nSPS) is 14.0. The topological polar surface area (TPSA) is 54.0 Å². The van der Waals surface area contributed by atoms with Gasteiger partial charge < -0.3 is 24.6 Å². The first-order valence-corrected chi connectivity index (χ1v) is 9.16. The summed E-state index contributed by atoms with van der Waals surface area (Å²) in [7, 11) is 3.21. The molecular weight excluding hydrogens is 342 g/mol. The van der Waals surface area contributed by atoms with Crippen LogP contribution in [0.5, 0.6) is 11.5 Å². The molecule has 3 rings (SSSR count). The Morgan fingerprint density at radius 3 is 2.37 bits per heavy atom. The molecule has 0 saturated carbocycles. The van der Waals surface area contributed by atoms with Gasteiger partial charge in [-0.15, -0.1) is 0 Å². The molecule has 144 valence electrons. The number of urea groups is 1. The van der Waals surface area contributed by atoms with Crippen LogP contribution in [0.2, 0.25) is 0 Å². The molecule has 0 radical (unpaired) electrons. The Hall–Kier alpha value is -2.89. The summed E-state index contributed by atoms with van der Waals surface area (Å²) in [6.45, 7) is 5.69. The molecule has 27 heavy (non-hydrogen) atoms. The maximum atomic E-state index is 12.5. The molecule has 1 fully saturated rings. The highest BCUT2D eigenvalue weighted by Crippen LogP contribution is 2.27. The van der Waals surface area contributed by atoms with E-state index in [-0.39, 0.29) is 6.03 Å². The van der Waals surface area contributed by atoms with Crippen molar-refractivity contribution in [3.05, 3.63) is 53.6 Å². The minimum Gasteiger partial charge on any atom is -0.493 e. The van der Waals surface area contributed by atoms with E-state index in [0.717, 1.165) is 18.7 Å². The first kappa shape index (κ1) is 18.9. The third kappa shape index (κ3) is 4.45. The van der Waals surface area contributed by atoms with Crippen molar-refractivity contribution >= 4 is 11.7 Å². The lowest BCUT2D eigenvalue weighted by Gasteiger charge is -2.36. The van der Waals surface area contributed by atoms with Crippen LogP contribution in [0.3, 0.4) is 0 Å². The molecule has 2 aromatic rings. The summed E-state index contributed by atoms with van der Waals surface area (Å²) in [5.74, 6) is 1.34. The fourth-order valence-corrected chi connectivity index (χ4v) is 3.35. The number of carbonyl (C=O) groups excluding carboxylic acids is 1. The molecule has 1 heterocycles. The number of anilines is 1. The summed E-state index contributed by atoms with van der Waals surface area (Å²) in [5.41, 5.74) is 3.49. The quantitative estimate of drug-likeness (QED) is 0.880. The Balaban J connectivity index is 1.52. The Kier molecular flexibility index (Phi) is 6.06. The predicted octanol–water partition coefficient (Wildman–Crippen LogP) is 3.04. The van der Waals surface area contributed by atoms with E-state index in [0.29, 0.717) is 31.1 Å². The number of amides is 2. The van der Waals surface area contributed by atoms with Crippen LogP contribution < -0.4 is 19.7 Å². The molecule has 0 atom stereocenters. The second-order valence-electron chi connectivity index (χ2n) is 6.61. The van der Waals surface area contributed by atoms with Gasteiger partial charge in [0.15, 0.2) is 11.5 Å². The molecule has 1 saturated heterocycles. The van der Waals surface area contributed by atoms with Crippen LogP contribution >= 0.6 is 0 Å². The molecule has 0 aliphatic carbocycles. The van der Waals surface area contributed by atoms with Gasteiger partial charge in [0.2, 0.25) is 0 Å². The molecule has 2 amide bonds. The molecule has 1 aliphatic rings. The van der Waals surface area contributed by atoms with Gasteiger partial charge in [0, 0.05) is 38.4 Å². The number of carbonyl (C=O) groups is 1. The van der Waals surface area contributed by atoms with Crippen molar-refractivity contribution in [2.75, 3.05) is 45.3 Å². The van der Waals surface area contributed by atoms with Crippen LogP contribution in [0, 0.1) is 6.92 Å². The van der Waals surface area contributed by atoms with E-state index in [2.05, 4.69) is 41.4 Å². The van der Waals surface area contributed by atoms with Gasteiger partial charge in [-0.05, 0) is 36.2 Å². The number of methoxy groups -OCH3 is 2. The summed E-state index contributed by atoms with van der Waals surface area (Å²) in [5, 5.41) is 3.00. The van der Waals surface area contributed by atoms with Crippen LogP contribution in [-0.2, 0) is 6.54 Å². The van der Waals surface area contributed by atoms with Crippen molar-refractivity contribution in [2.45, 2.75) is 13.5 Å². The van der Waals surface area contributed by atoms with Gasteiger partial charge in [-0.25, -0.2) is 4.79 Å². The number of nitrogens with one attached hydrogen (secondary N) is 1. The summed E-state index contributed by atoms with van der Waals surface area (Å²) in [6, 6.07) is 14.0. The summed E-state index contributed by atoms with van der Waals surface area (Å²) < 4.78 is 10.6. The number of hydrogen-bond acceptors (Lipinski definition) is 4. The second-order valence-corrected chi connectivity index (χ2v) is 6.61. The first-order valence-electron chi connectivity index (χ1n) is 9.16. The van der Waals surface area contributed by atoms with Crippen molar-refractivity contribution in [3.8, 4) is 11.5 Å². The number of piperazine rings is 1. The van der Waals surface area contributed by atoms with Crippen molar-refractivity contribution in [3.63, 3.8) is 0 Å². The number of aryl methyl sites for hydroxylation is 1. The molecule has 0 unspecified atom stereocenters. The summed E-state index contributed by atoms with van der Waals surface area (Å²) in [6.07, 6.45) is 0. The minimum atomic E-state index is -0.0331. The lowest BCUT2D eigenvalue weighted by Crippen LogP contribution is -2.51. The molecule has 6 heteroatoms. The second kappa shape index (κ2) is 8.66. The van der Waals surface area contributed by atoms with Gasteiger partial charge in [0.05, 0.1) is 14.2 Å². The van der Waals surface area contributed by atoms with Gasteiger partial charge >= 0.3 is 6.03 Å². The first-order chi connectivity index (χ1) is 13.1. The Bertz CT molecular complexity index is 786. The van der Waals surface area contributed by atoms with Crippen molar-refractivity contribution < 1.29 is 14.3 Å². The smallest absolute Gasteiger partial charge is 0.317 e. The van der Waals surface area contributed by atoms with Crippen molar-refractivity contribution in [1.29, 1.82) is 0 Å². The monoisotopic (exact) mass is 369 g/mol. The molecule has 1 N–H and O–H groups in total. The highest BCUT2D eigenvalue weighted by Gasteiger charge is 2.21. The Morgan fingerprint density at radius 2 is 1.70 bits per heavy atom. The molecular formula is C21H27N3O3. The fourth-order valence-electron chi connectivity index (χ4n) is 3.35. The lowest BCUT2D eigenvalue weighted by atomic mass is 10.1. The maximum absolute atomic E-state index is 12.5. The van der Waals surface area contributed by atoms with E-state index >= 15 is 0 Å². The summed E-state index contributed by atoms with van der Waals surface area (Å²) >= 11 is 0.